The van der Waals surface area contributed by atoms with Crippen LogP contribution in [0.3, 0.4) is 0 Å². The van der Waals surface area contributed by atoms with E-state index in [9.17, 15) is 8.78 Å². The van der Waals surface area contributed by atoms with E-state index in [0.29, 0.717) is 5.95 Å². The minimum Gasteiger partial charge on any atom is -0.220 e. The molecule has 2 bridgehead atoms. The van der Waals surface area contributed by atoms with Crippen LogP contribution >= 0.6 is 0 Å². The number of hydrogen-bond acceptors (Lipinski definition) is 7. The second-order valence-corrected chi connectivity index (χ2v) is 9.21. The molecule has 10 heteroatoms. The van der Waals surface area contributed by atoms with Gasteiger partial charge in [-0.1, -0.05) is 19.9 Å². The third-order valence-corrected chi connectivity index (χ3v) is 7.48. The van der Waals surface area contributed by atoms with E-state index in [1.165, 1.54) is 29.2 Å². The number of hydrogen-bond donors (Lipinski definition) is 0. The van der Waals surface area contributed by atoms with Crippen molar-refractivity contribution in [2.24, 2.45) is 5.41 Å². The van der Waals surface area contributed by atoms with Crippen molar-refractivity contribution in [1.29, 1.82) is 5.26 Å². The van der Waals surface area contributed by atoms with Crippen molar-refractivity contribution in [3.8, 4) is 23.3 Å². The highest BCUT2D eigenvalue weighted by Crippen LogP contribution is 2.69. The Morgan fingerprint density at radius 3 is 2.65 bits per heavy atom. The maximum atomic E-state index is 14.4. The summed E-state index contributed by atoms with van der Waals surface area (Å²) in [6, 6.07) is 9.29. The summed E-state index contributed by atoms with van der Waals surface area (Å²) in [5.74, 6) is -0.890. The van der Waals surface area contributed by atoms with E-state index >= 15 is 0 Å². The Hall–Kier alpha value is -4.13. The van der Waals surface area contributed by atoms with Crippen LogP contribution in [0.15, 0.2) is 42.9 Å². The Morgan fingerprint density at radius 1 is 1.12 bits per heavy atom. The third-order valence-electron chi connectivity index (χ3n) is 7.48. The monoisotopic (exact) mass is 456 g/mol. The first-order chi connectivity index (χ1) is 16.4. The second-order valence-electron chi connectivity index (χ2n) is 9.21. The van der Waals surface area contributed by atoms with Gasteiger partial charge in [0.05, 0.1) is 28.1 Å². The summed E-state index contributed by atoms with van der Waals surface area (Å²) in [5.41, 5.74) is 1.66. The number of aromatic nitrogens is 7. The number of benzene rings is 1. The molecular formula is C24H18F2N8. The first kappa shape index (κ1) is 20.5. The van der Waals surface area contributed by atoms with Gasteiger partial charge in [0.1, 0.15) is 24.0 Å². The van der Waals surface area contributed by atoms with Gasteiger partial charge in [-0.15, -0.1) is 10.2 Å². The van der Waals surface area contributed by atoms with Crippen molar-refractivity contribution in [2.45, 2.75) is 38.0 Å². The van der Waals surface area contributed by atoms with Crippen LogP contribution < -0.4 is 0 Å². The van der Waals surface area contributed by atoms with Crippen LogP contribution in [0.1, 0.15) is 55.4 Å². The van der Waals surface area contributed by atoms with Crippen LogP contribution in [0.4, 0.5) is 8.78 Å². The standard InChI is InChI=1S/C24H18F2N8/c1-23(2)14-6-8-24(23,18-7-9-28-22(30-18)34-12-29-19(11-27)33-34)21-13(14)10-17(31-32-21)20-15(25)4-3-5-16(20)26/h3-5,7,9-10,12,14H,6,8H2,1-2H3/t14-,24-/m0/s1. The van der Waals surface area contributed by atoms with Gasteiger partial charge in [-0.3, -0.25) is 0 Å². The zero-order valence-corrected chi connectivity index (χ0v) is 18.4. The zero-order valence-electron chi connectivity index (χ0n) is 18.4. The Kier molecular flexibility index (Phi) is 4.18. The lowest BCUT2D eigenvalue weighted by molar-refractivity contribution is 0.242. The molecule has 6 rings (SSSR count). The summed E-state index contributed by atoms with van der Waals surface area (Å²) >= 11 is 0. The minimum absolute atomic E-state index is 0.0263. The Balaban J connectivity index is 1.51. The van der Waals surface area contributed by atoms with Gasteiger partial charge in [0.25, 0.3) is 11.8 Å². The van der Waals surface area contributed by atoms with Gasteiger partial charge >= 0.3 is 0 Å². The van der Waals surface area contributed by atoms with Gasteiger partial charge in [0.15, 0.2) is 0 Å². The molecule has 2 aliphatic carbocycles. The first-order valence-corrected chi connectivity index (χ1v) is 10.8. The topological polar surface area (TPSA) is 106 Å². The summed E-state index contributed by atoms with van der Waals surface area (Å²) in [4.78, 5) is 13.0. The largest absolute Gasteiger partial charge is 0.252 e. The molecule has 3 heterocycles. The lowest BCUT2D eigenvalue weighted by Crippen LogP contribution is -2.38. The predicted octanol–water partition coefficient (Wildman–Crippen LogP) is 3.87. The van der Waals surface area contributed by atoms with Gasteiger partial charge in [-0.25, -0.2) is 23.7 Å². The van der Waals surface area contributed by atoms with E-state index < -0.39 is 17.0 Å². The zero-order chi connectivity index (χ0) is 23.7. The maximum Gasteiger partial charge on any atom is 0.252 e. The van der Waals surface area contributed by atoms with Crippen LogP contribution in [-0.4, -0.2) is 34.9 Å². The van der Waals surface area contributed by atoms with Crippen molar-refractivity contribution in [3.05, 3.63) is 77.3 Å². The quantitative estimate of drug-likeness (QED) is 0.461. The van der Waals surface area contributed by atoms with Crippen molar-refractivity contribution >= 4 is 0 Å². The average molecular weight is 456 g/mol. The second kappa shape index (κ2) is 6.93. The number of halogens is 2. The van der Waals surface area contributed by atoms with Crippen LogP contribution in [-0.2, 0) is 5.41 Å². The molecule has 0 aliphatic heterocycles. The molecule has 0 N–H and O–H groups in total. The molecule has 0 spiro atoms. The number of nitriles is 1. The molecule has 0 saturated heterocycles. The van der Waals surface area contributed by atoms with Crippen LogP contribution in [0, 0.1) is 28.4 Å². The highest BCUT2D eigenvalue weighted by Gasteiger charge is 2.65. The summed E-state index contributed by atoms with van der Waals surface area (Å²) in [6.45, 7) is 4.33. The van der Waals surface area contributed by atoms with E-state index in [1.54, 1.807) is 12.3 Å². The maximum absolute atomic E-state index is 14.4. The molecular weight excluding hydrogens is 438 g/mol. The lowest BCUT2D eigenvalue weighted by Gasteiger charge is -2.37. The molecule has 1 fully saturated rings. The molecule has 3 aromatic heterocycles. The molecule has 1 aromatic carbocycles. The Labute approximate surface area is 193 Å². The minimum atomic E-state index is -0.670. The smallest absolute Gasteiger partial charge is 0.220 e. The van der Waals surface area contributed by atoms with E-state index in [-0.39, 0.29) is 28.4 Å². The molecule has 34 heavy (non-hydrogen) atoms. The van der Waals surface area contributed by atoms with Crippen molar-refractivity contribution in [3.63, 3.8) is 0 Å². The van der Waals surface area contributed by atoms with Crippen molar-refractivity contribution < 1.29 is 8.78 Å². The fraction of sp³-hybridized carbons (Fsp3) is 0.292. The molecule has 0 amide bonds. The summed E-state index contributed by atoms with van der Waals surface area (Å²) in [7, 11) is 0. The highest BCUT2D eigenvalue weighted by atomic mass is 19.1. The highest BCUT2D eigenvalue weighted by molar-refractivity contribution is 5.64. The molecule has 2 atom stereocenters. The van der Waals surface area contributed by atoms with Crippen LogP contribution in [0.5, 0.6) is 0 Å². The normalized spacial score (nSPS) is 21.9. The fourth-order valence-electron chi connectivity index (χ4n) is 5.86. The van der Waals surface area contributed by atoms with E-state index in [0.717, 1.165) is 29.8 Å². The molecule has 8 nitrogen and oxygen atoms in total. The average Bonchev–Trinajstić information content (AvgIpc) is 3.47. The Bertz CT molecular complexity index is 1480. The van der Waals surface area contributed by atoms with Crippen molar-refractivity contribution in [2.75, 3.05) is 0 Å². The number of fused-ring (bicyclic) bond motifs is 5. The van der Waals surface area contributed by atoms with Gasteiger partial charge in [-0.05, 0) is 54.0 Å². The van der Waals surface area contributed by atoms with Crippen LogP contribution in [0.25, 0.3) is 17.2 Å². The molecule has 4 aromatic rings. The molecule has 0 radical (unpaired) electrons. The molecule has 168 valence electrons. The predicted molar refractivity (Wildman–Crippen MR) is 116 cm³/mol. The molecule has 2 aliphatic rings. The third kappa shape index (κ3) is 2.55. The summed E-state index contributed by atoms with van der Waals surface area (Å²) in [5, 5.41) is 21.9. The Morgan fingerprint density at radius 2 is 1.91 bits per heavy atom. The fourth-order valence-corrected chi connectivity index (χ4v) is 5.86. The van der Waals surface area contributed by atoms with E-state index in [4.69, 9.17) is 10.2 Å². The number of nitrogens with zero attached hydrogens (tertiary/aromatic N) is 8. The van der Waals surface area contributed by atoms with Crippen LogP contribution in [0.2, 0.25) is 0 Å². The summed E-state index contributed by atoms with van der Waals surface area (Å²) < 4.78 is 30.3. The number of rotatable bonds is 3. The van der Waals surface area contributed by atoms with Gasteiger partial charge in [-0.2, -0.15) is 15.0 Å². The summed E-state index contributed by atoms with van der Waals surface area (Å²) in [6.07, 6.45) is 4.73. The van der Waals surface area contributed by atoms with E-state index in [1.807, 2.05) is 12.1 Å². The van der Waals surface area contributed by atoms with E-state index in [2.05, 4.69) is 39.1 Å². The molecule has 0 unspecified atom stereocenters. The first-order valence-electron chi connectivity index (χ1n) is 10.8. The SMILES string of the molecule is CC1(C)[C@H]2CC[C@]1(c1ccnc(-n3cnc(C#N)n3)n1)c1nnc(-c3c(F)cccc3F)cc12. The van der Waals surface area contributed by atoms with Gasteiger partial charge in [0, 0.05) is 6.20 Å². The van der Waals surface area contributed by atoms with Gasteiger partial charge in [0.2, 0.25) is 0 Å². The molecule has 1 saturated carbocycles. The van der Waals surface area contributed by atoms with Gasteiger partial charge < -0.3 is 0 Å². The van der Waals surface area contributed by atoms with Crippen molar-refractivity contribution in [1.82, 2.24) is 34.9 Å². The lowest BCUT2D eigenvalue weighted by atomic mass is 9.66.